The quantitative estimate of drug-likeness (QED) is 0.729. The van der Waals surface area contributed by atoms with E-state index in [1.54, 1.807) is 16.7 Å². The molecule has 3 rings (SSSR count). The summed E-state index contributed by atoms with van der Waals surface area (Å²) in [6.07, 6.45) is 2.71. The van der Waals surface area contributed by atoms with Gasteiger partial charge in [-0.2, -0.15) is 0 Å². The number of hydrogen-bond donors (Lipinski definition) is 1. The van der Waals surface area contributed by atoms with Crippen LogP contribution >= 0.6 is 0 Å². The van der Waals surface area contributed by atoms with Gasteiger partial charge in [-0.25, -0.2) is 9.59 Å². The number of nitrogens with zero attached hydrogens (tertiary/aromatic N) is 3. The lowest BCUT2D eigenvalue weighted by molar-refractivity contribution is -0.139. The molecule has 0 aromatic carbocycles. The van der Waals surface area contributed by atoms with Crippen molar-refractivity contribution in [1.29, 1.82) is 0 Å². The van der Waals surface area contributed by atoms with Crippen molar-refractivity contribution in [1.82, 2.24) is 20.0 Å². The Labute approximate surface area is 146 Å². The molecule has 9 nitrogen and oxygen atoms in total. The monoisotopic (exact) mass is 352 g/mol. The summed E-state index contributed by atoms with van der Waals surface area (Å²) in [7, 11) is 0. The molecule has 1 saturated carbocycles. The molecule has 9 heteroatoms. The van der Waals surface area contributed by atoms with Crippen molar-refractivity contribution in [3.8, 4) is 0 Å². The van der Waals surface area contributed by atoms with Gasteiger partial charge in [0.25, 0.3) is 5.91 Å². The first-order chi connectivity index (χ1) is 12.0. The van der Waals surface area contributed by atoms with Gasteiger partial charge < -0.3 is 19.9 Å². The predicted octanol–water partition coefficient (Wildman–Crippen LogP) is 0.152. The number of rotatable bonds is 3. The van der Waals surface area contributed by atoms with Gasteiger partial charge in [-0.3, -0.25) is 14.5 Å². The maximum atomic E-state index is 12.6. The molecule has 2 saturated heterocycles. The predicted molar refractivity (Wildman–Crippen MR) is 86.6 cm³/mol. The first-order valence-electron chi connectivity index (χ1n) is 8.80. The Kier molecular flexibility index (Phi) is 4.82. The third-order valence-electron chi connectivity index (χ3n) is 5.15. The number of carbonyl (C=O) groups excluding carboxylic acids is 4. The van der Waals surface area contributed by atoms with Crippen LogP contribution < -0.4 is 5.32 Å². The SMILES string of the molecule is CCOC(=O)N1CCN(C(=O)CN2C(=O)NC3(CCCC3)C2=O)CC1. The molecule has 5 amide bonds. The fourth-order valence-electron chi connectivity index (χ4n) is 3.73. The summed E-state index contributed by atoms with van der Waals surface area (Å²) in [6.45, 7) is 3.31. The van der Waals surface area contributed by atoms with Crippen molar-refractivity contribution in [3.63, 3.8) is 0 Å². The lowest BCUT2D eigenvalue weighted by atomic mass is 9.98. The highest BCUT2D eigenvalue weighted by Gasteiger charge is 2.52. The first kappa shape index (κ1) is 17.5. The Bertz CT molecular complexity index is 579. The topological polar surface area (TPSA) is 99.3 Å². The van der Waals surface area contributed by atoms with E-state index in [1.165, 1.54) is 0 Å². The second kappa shape index (κ2) is 6.89. The molecule has 0 aromatic rings. The number of hydrogen-bond acceptors (Lipinski definition) is 5. The summed E-state index contributed by atoms with van der Waals surface area (Å²) < 4.78 is 4.94. The second-order valence-corrected chi connectivity index (χ2v) is 6.68. The largest absolute Gasteiger partial charge is 0.450 e. The van der Waals surface area contributed by atoms with E-state index in [0.29, 0.717) is 45.6 Å². The summed E-state index contributed by atoms with van der Waals surface area (Å²) in [5.74, 6) is -0.560. The van der Waals surface area contributed by atoms with Gasteiger partial charge in [-0.05, 0) is 19.8 Å². The van der Waals surface area contributed by atoms with Gasteiger partial charge in [0.2, 0.25) is 5.91 Å². The Hall–Kier alpha value is -2.32. The number of urea groups is 1. The van der Waals surface area contributed by atoms with E-state index in [4.69, 9.17) is 4.74 Å². The Balaban J connectivity index is 1.54. The van der Waals surface area contributed by atoms with Crippen LogP contribution in [0.15, 0.2) is 0 Å². The van der Waals surface area contributed by atoms with Crippen molar-refractivity contribution >= 4 is 23.9 Å². The fourth-order valence-corrected chi connectivity index (χ4v) is 3.73. The van der Waals surface area contributed by atoms with Gasteiger partial charge in [0.15, 0.2) is 0 Å². The maximum absolute atomic E-state index is 12.6. The molecule has 2 heterocycles. The number of nitrogens with one attached hydrogen (secondary N) is 1. The van der Waals surface area contributed by atoms with E-state index in [0.717, 1.165) is 17.7 Å². The first-order valence-corrected chi connectivity index (χ1v) is 8.80. The minimum Gasteiger partial charge on any atom is -0.450 e. The fraction of sp³-hybridized carbons (Fsp3) is 0.750. The number of imide groups is 1. The summed E-state index contributed by atoms with van der Waals surface area (Å²) in [5, 5.41) is 2.77. The van der Waals surface area contributed by atoms with Crippen molar-refractivity contribution < 1.29 is 23.9 Å². The van der Waals surface area contributed by atoms with Gasteiger partial charge in [0.1, 0.15) is 12.1 Å². The van der Waals surface area contributed by atoms with Crippen LogP contribution in [0.4, 0.5) is 9.59 Å². The average molecular weight is 352 g/mol. The van der Waals surface area contributed by atoms with Crippen LogP contribution in [-0.4, -0.2) is 83.5 Å². The zero-order chi connectivity index (χ0) is 18.0. The smallest absolute Gasteiger partial charge is 0.409 e. The molecular weight excluding hydrogens is 328 g/mol. The molecule has 138 valence electrons. The van der Waals surface area contributed by atoms with Gasteiger partial charge in [0, 0.05) is 26.2 Å². The zero-order valence-electron chi connectivity index (χ0n) is 14.5. The minimum absolute atomic E-state index is 0.244. The Morgan fingerprint density at radius 2 is 1.68 bits per heavy atom. The van der Waals surface area contributed by atoms with Crippen molar-refractivity contribution in [2.75, 3.05) is 39.3 Å². The molecule has 1 spiro atoms. The van der Waals surface area contributed by atoms with Crippen LogP contribution in [0, 0.1) is 0 Å². The highest BCUT2D eigenvalue weighted by atomic mass is 16.6. The highest BCUT2D eigenvalue weighted by molar-refractivity contribution is 6.09. The van der Waals surface area contributed by atoms with Crippen LogP contribution in [0.2, 0.25) is 0 Å². The molecule has 3 aliphatic rings. The van der Waals surface area contributed by atoms with E-state index in [1.807, 2.05) is 0 Å². The van der Waals surface area contributed by atoms with E-state index in [2.05, 4.69) is 5.32 Å². The molecule has 0 atom stereocenters. The second-order valence-electron chi connectivity index (χ2n) is 6.68. The van der Waals surface area contributed by atoms with E-state index in [-0.39, 0.29) is 24.5 Å². The molecule has 0 aromatic heterocycles. The molecule has 0 unspecified atom stereocenters. The molecule has 1 N–H and O–H groups in total. The third-order valence-corrected chi connectivity index (χ3v) is 5.15. The Morgan fingerprint density at radius 1 is 1.08 bits per heavy atom. The summed E-state index contributed by atoms with van der Waals surface area (Å²) in [4.78, 5) is 53.0. The zero-order valence-corrected chi connectivity index (χ0v) is 14.5. The van der Waals surface area contributed by atoms with E-state index in [9.17, 15) is 19.2 Å². The van der Waals surface area contributed by atoms with Gasteiger partial charge in [-0.1, -0.05) is 12.8 Å². The maximum Gasteiger partial charge on any atom is 0.409 e. The molecule has 1 aliphatic carbocycles. The normalized spacial score (nSPS) is 22.5. The molecule has 0 radical (unpaired) electrons. The van der Waals surface area contributed by atoms with Crippen molar-refractivity contribution in [2.45, 2.75) is 38.1 Å². The van der Waals surface area contributed by atoms with Gasteiger partial charge in [0.05, 0.1) is 6.61 Å². The number of ether oxygens (including phenoxy) is 1. The summed E-state index contributed by atoms with van der Waals surface area (Å²) >= 11 is 0. The lowest BCUT2D eigenvalue weighted by Crippen LogP contribution is -2.53. The molecule has 25 heavy (non-hydrogen) atoms. The van der Waals surface area contributed by atoms with Crippen molar-refractivity contribution in [3.05, 3.63) is 0 Å². The van der Waals surface area contributed by atoms with Crippen LogP contribution in [-0.2, 0) is 14.3 Å². The highest BCUT2D eigenvalue weighted by Crippen LogP contribution is 2.34. The van der Waals surface area contributed by atoms with E-state index >= 15 is 0 Å². The van der Waals surface area contributed by atoms with Gasteiger partial charge in [-0.15, -0.1) is 0 Å². The van der Waals surface area contributed by atoms with Crippen LogP contribution in [0.5, 0.6) is 0 Å². The number of carbonyl (C=O) groups is 4. The van der Waals surface area contributed by atoms with Crippen LogP contribution in [0.1, 0.15) is 32.6 Å². The van der Waals surface area contributed by atoms with Crippen LogP contribution in [0.25, 0.3) is 0 Å². The standard InChI is InChI=1S/C16H24N4O5/c1-2-25-15(24)19-9-7-18(8-10-19)12(21)11-20-13(22)16(17-14(20)23)5-3-4-6-16/h2-11H2,1H3,(H,17,23). The van der Waals surface area contributed by atoms with Gasteiger partial charge >= 0.3 is 12.1 Å². The van der Waals surface area contributed by atoms with E-state index < -0.39 is 11.6 Å². The molecule has 2 aliphatic heterocycles. The summed E-state index contributed by atoms with van der Waals surface area (Å²) in [5.41, 5.74) is -0.792. The Morgan fingerprint density at radius 3 is 2.28 bits per heavy atom. The van der Waals surface area contributed by atoms with Crippen molar-refractivity contribution in [2.24, 2.45) is 0 Å². The lowest BCUT2D eigenvalue weighted by Gasteiger charge is -2.34. The number of amides is 5. The minimum atomic E-state index is -0.792. The van der Waals surface area contributed by atoms with Crippen LogP contribution in [0.3, 0.4) is 0 Å². The average Bonchev–Trinajstić information content (AvgIpc) is 3.16. The molecular formula is C16H24N4O5. The summed E-state index contributed by atoms with van der Waals surface area (Å²) in [6, 6.07) is -0.481. The third kappa shape index (κ3) is 3.27. The molecule has 3 fully saturated rings. The number of piperazine rings is 1. The molecule has 0 bridgehead atoms.